The third-order valence-electron chi connectivity index (χ3n) is 6.20. The number of nitrogens with two attached hydrogens (primary N) is 1. The molecule has 0 bridgehead atoms. The van der Waals surface area contributed by atoms with Crippen LogP contribution < -0.4 is 11.1 Å². The molecule has 1 aliphatic rings. The highest BCUT2D eigenvalue weighted by Crippen LogP contribution is 2.54. The van der Waals surface area contributed by atoms with Crippen LogP contribution in [0.1, 0.15) is 37.8 Å². The van der Waals surface area contributed by atoms with Gasteiger partial charge in [-0.2, -0.15) is 13.2 Å². The molecule has 2 aromatic rings. The minimum absolute atomic E-state index is 0.340. The molecule has 1 aliphatic carbocycles. The van der Waals surface area contributed by atoms with Crippen molar-refractivity contribution < 1.29 is 17.9 Å². The van der Waals surface area contributed by atoms with E-state index in [1.807, 2.05) is 68.5 Å². The molecule has 3 nitrogen and oxygen atoms in total. The number of nitrogens with one attached hydrogen (secondary N) is 1. The Kier molecular flexibility index (Phi) is 7.60. The van der Waals surface area contributed by atoms with Crippen molar-refractivity contribution in [2.45, 2.75) is 38.3 Å². The van der Waals surface area contributed by atoms with Crippen molar-refractivity contribution in [3.05, 3.63) is 108 Å². The first-order chi connectivity index (χ1) is 16.1. The number of halogens is 3. The second-order valence-corrected chi connectivity index (χ2v) is 8.49. The summed E-state index contributed by atoms with van der Waals surface area (Å²) in [5, 5.41) is 2.58. The second kappa shape index (κ2) is 10.2. The fourth-order valence-electron chi connectivity index (χ4n) is 4.59. The molecule has 6 heteroatoms. The van der Waals surface area contributed by atoms with Gasteiger partial charge in [-0.15, -0.1) is 0 Å². The number of benzene rings is 2. The molecule has 0 radical (unpaired) electrons. The molecule has 0 saturated carbocycles. The van der Waals surface area contributed by atoms with Crippen LogP contribution in [0.4, 0.5) is 13.2 Å². The molecule has 0 fully saturated rings. The molecular formula is C28H31F3N2O. The fraction of sp³-hybridized carbons (Fsp3) is 0.286. The lowest BCUT2D eigenvalue weighted by Crippen LogP contribution is -2.39. The van der Waals surface area contributed by atoms with Gasteiger partial charge in [-0.3, -0.25) is 0 Å². The molecule has 0 aliphatic heterocycles. The van der Waals surface area contributed by atoms with Crippen molar-refractivity contribution in [3.8, 4) is 11.1 Å². The van der Waals surface area contributed by atoms with Crippen molar-refractivity contribution in [3.63, 3.8) is 0 Å². The summed E-state index contributed by atoms with van der Waals surface area (Å²) in [5.41, 5.74) is 10.8. The van der Waals surface area contributed by atoms with E-state index in [9.17, 15) is 13.2 Å². The van der Waals surface area contributed by atoms with E-state index in [1.54, 1.807) is 6.08 Å². The first-order valence-corrected chi connectivity index (χ1v) is 11.2. The van der Waals surface area contributed by atoms with Gasteiger partial charge in [-0.05, 0) is 66.7 Å². The smallest absolute Gasteiger partial charge is 0.405 e. The molecule has 3 N–H and O–H groups in total. The lowest BCUT2D eigenvalue weighted by Gasteiger charge is -2.35. The molecule has 3 rings (SSSR count). The van der Waals surface area contributed by atoms with E-state index < -0.39 is 18.1 Å². The third kappa shape index (κ3) is 5.22. The molecule has 0 saturated heterocycles. The van der Waals surface area contributed by atoms with E-state index in [1.165, 1.54) is 0 Å². The molecule has 180 valence electrons. The first-order valence-electron chi connectivity index (χ1n) is 11.2. The maximum Gasteiger partial charge on any atom is 0.405 e. The predicted molar refractivity (Wildman–Crippen MR) is 132 cm³/mol. The number of alkyl halides is 3. The van der Waals surface area contributed by atoms with Crippen molar-refractivity contribution in [1.82, 2.24) is 5.32 Å². The Morgan fingerprint density at radius 1 is 1.06 bits per heavy atom. The molecule has 0 aromatic heterocycles. The molecular weight excluding hydrogens is 437 g/mol. The number of rotatable bonds is 10. The van der Waals surface area contributed by atoms with Crippen LogP contribution in [0.25, 0.3) is 11.1 Å². The van der Waals surface area contributed by atoms with E-state index >= 15 is 0 Å². The van der Waals surface area contributed by atoms with Crippen LogP contribution in [0.15, 0.2) is 96.6 Å². The van der Waals surface area contributed by atoms with Gasteiger partial charge < -0.3 is 15.8 Å². The van der Waals surface area contributed by atoms with E-state index in [-0.39, 0.29) is 0 Å². The maximum absolute atomic E-state index is 13.1. The van der Waals surface area contributed by atoms with Gasteiger partial charge in [-0.25, -0.2) is 0 Å². The second-order valence-electron chi connectivity index (χ2n) is 8.49. The average molecular weight is 469 g/mol. The molecule has 0 unspecified atom stereocenters. The number of hydrogen-bond acceptors (Lipinski definition) is 3. The normalized spacial score (nSPS) is 15.1. The SMILES string of the molecule is C=C/C(N)=C(C)\C=C(/C)OCCCC1(C(=C)NCC(F)(F)F)c2ccccc2-c2ccccc21. The third-order valence-corrected chi connectivity index (χ3v) is 6.20. The first kappa shape index (κ1) is 25.2. The average Bonchev–Trinajstić information content (AvgIpc) is 3.10. The Balaban J connectivity index is 1.89. The lowest BCUT2D eigenvalue weighted by atomic mass is 9.72. The molecule has 0 heterocycles. The molecule has 34 heavy (non-hydrogen) atoms. The van der Waals surface area contributed by atoms with Crippen molar-refractivity contribution >= 4 is 0 Å². The summed E-state index contributed by atoms with van der Waals surface area (Å²) in [5.74, 6) is 0.706. The number of fused-ring (bicyclic) bond motifs is 3. The predicted octanol–water partition coefficient (Wildman–Crippen LogP) is 6.74. The number of ether oxygens (including phenoxy) is 1. The van der Waals surface area contributed by atoms with Crippen LogP contribution in [0.3, 0.4) is 0 Å². The van der Waals surface area contributed by atoms with Crippen LogP contribution in [0.2, 0.25) is 0 Å². The van der Waals surface area contributed by atoms with Gasteiger partial charge in [0, 0.05) is 11.4 Å². The Labute approximate surface area is 199 Å². The molecule has 2 aromatic carbocycles. The van der Waals surface area contributed by atoms with Crippen LogP contribution in [0, 0.1) is 0 Å². The van der Waals surface area contributed by atoms with Crippen molar-refractivity contribution in [1.29, 1.82) is 0 Å². The summed E-state index contributed by atoms with van der Waals surface area (Å²) in [6.45, 7) is 10.8. The highest BCUT2D eigenvalue weighted by molar-refractivity contribution is 5.82. The van der Waals surface area contributed by atoms with Gasteiger partial charge in [0.05, 0.1) is 17.8 Å². The quantitative estimate of drug-likeness (QED) is 0.231. The van der Waals surface area contributed by atoms with E-state index in [4.69, 9.17) is 10.5 Å². The van der Waals surface area contributed by atoms with Gasteiger partial charge >= 0.3 is 6.18 Å². The summed E-state index contributed by atoms with van der Waals surface area (Å²) >= 11 is 0. The van der Waals surface area contributed by atoms with Gasteiger partial charge in [0.15, 0.2) is 0 Å². The zero-order chi connectivity index (χ0) is 24.9. The lowest BCUT2D eigenvalue weighted by molar-refractivity contribution is -0.123. The Bertz CT molecular complexity index is 1080. The van der Waals surface area contributed by atoms with Gasteiger partial charge in [0.1, 0.15) is 6.54 Å². The summed E-state index contributed by atoms with van der Waals surface area (Å²) in [7, 11) is 0. The standard InChI is InChI=1S/C28H31F3N2O/c1-5-26(32)19(2)17-20(3)34-16-10-15-27(21(4)33-18-28(29,30)31)24-13-8-6-11-22(24)23-12-7-9-14-25(23)27/h5-9,11-14,17,33H,1,4,10,15-16,18,32H2,2-3H3/b20-17+,26-19+. The van der Waals surface area contributed by atoms with Gasteiger partial charge in [0.2, 0.25) is 0 Å². The Morgan fingerprint density at radius 3 is 2.15 bits per heavy atom. The largest absolute Gasteiger partial charge is 0.498 e. The van der Waals surface area contributed by atoms with Crippen molar-refractivity contribution in [2.24, 2.45) is 5.73 Å². The van der Waals surface area contributed by atoms with Crippen LogP contribution in [-0.4, -0.2) is 19.3 Å². The number of allylic oxidation sites excluding steroid dienone is 5. The van der Waals surface area contributed by atoms with E-state index in [2.05, 4.69) is 18.5 Å². The van der Waals surface area contributed by atoms with Crippen LogP contribution >= 0.6 is 0 Å². The highest BCUT2D eigenvalue weighted by atomic mass is 19.4. The van der Waals surface area contributed by atoms with E-state index in [0.29, 0.717) is 36.6 Å². The highest BCUT2D eigenvalue weighted by Gasteiger charge is 2.45. The van der Waals surface area contributed by atoms with Gasteiger partial charge in [-0.1, -0.05) is 61.7 Å². The topological polar surface area (TPSA) is 47.3 Å². The summed E-state index contributed by atoms with van der Waals surface area (Å²) in [6.07, 6.45) is 0.238. The molecule has 0 spiro atoms. The summed E-state index contributed by atoms with van der Waals surface area (Å²) < 4.78 is 45.0. The molecule has 0 atom stereocenters. The fourth-order valence-corrected chi connectivity index (χ4v) is 4.59. The van der Waals surface area contributed by atoms with E-state index in [0.717, 1.165) is 27.8 Å². The Hall–Kier alpha value is -3.41. The number of hydrogen-bond donors (Lipinski definition) is 2. The molecule has 0 amide bonds. The monoisotopic (exact) mass is 468 g/mol. The van der Waals surface area contributed by atoms with Gasteiger partial charge in [0.25, 0.3) is 0 Å². The summed E-state index contributed by atoms with van der Waals surface area (Å²) in [6, 6.07) is 15.7. The zero-order valence-corrected chi connectivity index (χ0v) is 19.6. The minimum Gasteiger partial charge on any atom is -0.498 e. The van der Waals surface area contributed by atoms with Crippen molar-refractivity contribution in [2.75, 3.05) is 13.2 Å². The minimum atomic E-state index is -4.34. The summed E-state index contributed by atoms with van der Waals surface area (Å²) in [4.78, 5) is 0. The zero-order valence-electron chi connectivity index (χ0n) is 19.6. The van der Waals surface area contributed by atoms with Crippen LogP contribution in [0.5, 0.6) is 0 Å². The van der Waals surface area contributed by atoms with Crippen LogP contribution in [-0.2, 0) is 10.2 Å². The maximum atomic E-state index is 13.1. The Morgan fingerprint density at radius 2 is 1.62 bits per heavy atom.